The Balaban J connectivity index is 1.71. The summed E-state index contributed by atoms with van der Waals surface area (Å²) in [6.45, 7) is 3.34. The van der Waals surface area contributed by atoms with Gasteiger partial charge in [0, 0.05) is 18.6 Å². The zero-order valence-corrected chi connectivity index (χ0v) is 11.7. The van der Waals surface area contributed by atoms with Crippen molar-refractivity contribution in [2.45, 2.75) is 57.0 Å². The first-order chi connectivity index (χ1) is 9.25. The number of hydrogen-bond acceptors (Lipinski definition) is 3. The van der Waals surface area contributed by atoms with Crippen LogP contribution >= 0.6 is 0 Å². The fourth-order valence-corrected chi connectivity index (χ4v) is 4.40. The molecule has 0 spiro atoms. The minimum atomic E-state index is -0.572. The molecular weight excluding hydrogens is 240 g/mol. The summed E-state index contributed by atoms with van der Waals surface area (Å²) in [5.74, 6) is -0.170. The molecule has 3 heterocycles. The van der Waals surface area contributed by atoms with E-state index in [1.54, 1.807) is 0 Å². The number of carboxylic acid groups (broad SMARTS) is 1. The van der Waals surface area contributed by atoms with Crippen molar-refractivity contribution in [3.63, 3.8) is 0 Å². The van der Waals surface area contributed by atoms with E-state index in [0.717, 1.165) is 32.5 Å². The SMILES string of the molecule is O=C(O)[C@H]1C[C@H]([C@H]2CCCCN2)CN2CCCC[C@@H]12. The van der Waals surface area contributed by atoms with Crippen LogP contribution in [-0.2, 0) is 4.79 Å². The van der Waals surface area contributed by atoms with Gasteiger partial charge < -0.3 is 10.4 Å². The Kier molecular flexibility index (Phi) is 4.08. The van der Waals surface area contributed by atoms with Gasteiger partial charge in [-0.15, -0.1) is 0 Å². The molecule has 2 N–H and O–H groups in total. The van der Waals surface area contributed by atoms with E-state index in [0.29, 0.717) is 18.0 Å². The summed E-state index contributed by atoms with van der Waals surface area (Å²) in [6.07, 6.45) is 8.23. The van der Waals surface area contributed by atoms with Crippen LogP contribution in [0.2, 0.25) is 0 Å². The van der Waals surface area contributed by atoms with Crippen molar-refractivity contribution >= 4 is 5.97 Å². The van der Waals surface area contributed by atoms with Crippen LogP contribution in [0.1, 0.15) is 44.9 Å². The molecule has 3 aliphatic heterocycles. The van der Waals surface area contributed by atoms with Crippen LogP contribution in [-0.4, -0.2) is 47.7 Å². The van der Waals surface area contributed by atoms with E-state index < -0.39 is 5.97 Å². The van der Waals surface area contributed by atoms with E-state index in [1.807, 2.05) is 0 Å². The molecule has 0 aromatic rings. The molecule has 0 radical (unpaired) electrons. The van der Waals surface area contributed by atoms with Crippen LogP contribution in [0.4, 0.5) is 0 Å². The van der Waals surface area contributed by atoms with Gasteiger partial charge in [-0.25, -0.2) is 0 Å². The fourth-order valence-electron chi connectivity index (χ4n) is 4.40. The maximum absolute atomic E-state index is 11.6. The molecular formula is C15H26N2O2. The highest BCUT2D eigenvalue weighted by molar-refractivity contribution is 5.71. The third-order valence-electron chi connectivity index (χ3n) is 5.39. The lowest BCUT2D eigenvalue weighted by molar-refractivity contribution is -0.148. The third kappa shape index (κ3) is 2.79. The van der Waals surface area contributed by atoms with Gasteiger partial charge in [0.25, 0.3) is 0 Å². The molecule has 0 amide bonds. The van der Waals surface area contributed by atoms with E-state index in [9.17, 15) is 9.90 Å². The van der Waals surface area contributed by atoms with Gasteiger partial charge in [0.2, 0.25) is 0 Å². The van der Waals surface area contributed by atoms with E-state index in [-0.39, 0.29) is 5.92 Å². The van der Waals surface area contributed by atoms with Gasteiger partial charge in [0.15, 0.2) is 0 Å². The Labute approximate surface area is 115 Å². The highest BCUT2D eigenvalue weighted by Crippen LogP contribution is 2.36. The first-order valence-electron chi connectivity index (χ1n) is 7.96. The minimum Gasteiger partial charge on any atom is -0.481 e. The standard InChI is InChI=1S/C15H26N2O2/c18-15(19)12-9-11(13-5-1-3-7-16-13)10-17-8-4-2-6-14(12)17/h11-14,16H,1-10H2,(H,18,19)/t11-,12-,13+,14-/m0/s1. The molecule has 19 heavy (non-hydrogen) atoms. The van der Waals surface area contributed by atoms with E-state index in [1.165, 1.54) is 32.1 Å². The molecule has 0 bridgehead atoms. The van der Waals surface area contributed by atoms with Gasteiger partial charge in [-0.2, -0.15) is 0 Å². The van der Waals surface area contributed by atoms with E-state index >= 15 is 0 Å². The first-order valence-corrected chi connectivity index (χ1v) is 7.96. The number of piperidine rings is 3. The third-order valence-corrected chi connectivity index (χ3v) is 5.39. The molecule has 3 aliphatic rings. The lowest BCUT2D eigenvalue weighted by atomic mass is 9.75. The van der Waals surface area contributed by atoms with Crippen molar-refractivity contribution in [1.82, 2.24) is 10.2 Å². The van der Waals surface area contributed by atoms with Crippen molar-refractivity contribution in [1.29, 1.82) is 0 Å². The van der Waals surface area contributed by atoms with E-state index in [2.05, 4.69) is 10.2 Å². The average molecular weight is 266 g/mol. The molecule has 3 saturated heterocycles. The van der Waals surface area contributed by atoms with Gasteiger partial charge in [-0.05, 0) is 51.1 Å². The van der Waals surface area contributed by atoms with Gasteiger partial charge in [-0.3, -0.25) is 9.69 Å². The Morgan fingerprint density at radius 3 is 2.74 bits per heavy atom. The molecule has 0 aliphatic carbocycles. The predicted molar refractivity (Wildman–Crippen MR) is 74.1 cm³/mol. The summed E-state index contributed by atoms with van der Waals surface area (Å²) in [6, 6.07) is 0.865. The molecule has 0 aromatic carbocycles. The highest BCUT2D eigenvalue weighted by atomic mass is 16.4. The van der Waals surface area contributed by atoms with Crippen LogP contribution in [0.15, 0.2) is 0 Å². The van der Waals surface area contributed by atoms with Crippen LogP contribution in [0, 0.1) is 11.8 Å². The number of nitrogens with zero attached hydrogens (tertiary/aromatic N) is 1. The number of carbonyl (C=O) groups is 1. The van der Waals surface area contributed by atoms with Crippen molar-refractivity contribution in [3.8, 4) is 0 Å². The second-order valence-corrected chi connectivity index (χ2v) is 6.55. The maximum atomic E-state index is 11.6. The van der Waals surface area contributed by atoms with Crippen LogP contribution in [0.5, 0.6) is 0 Å². The number of rotatable bonds is 2. The zero-order valence-electron chi connectivity index (χ0n) is 11.7. The molecule has 4 nitrogen and oxygen atoms in total. The van der Waals surface area contributed by atoms with Crippen molar-refractivity contribution in [2.75, 3.05) is 19.6 Å². The summed E-state index contributed by atoms with van der Waals surface area (Å²) in [5, 5.41) is 13.2. The molecule has 0 aromatic heterocycles. The second-order valence-electron chi connectivity index (χ2n) is 6.55. The topological polar surface area (TPSA) is 52.6 Å². The normalized spacial score (nSPS) is 40.6. The number of aliphatic carboxylic acids is 1. The molecule has 0 saturated carbocycles. The summed E-state index contributed by atoms with van der Waals surface area (Å²) in [4.78, 5) is 14.1. The van der Waals surface area contributed by atoms with Crippen LogP contribution in [0.25, 0.3) is 0 Å². The summed E-state index contributed by atoms with van der Waals surface area (Å²) >= 11 is 0. The van der Waals surface area contributed by atoms with Crippen molar-refractivity contribution < 1.29 is 9.90 Å². The maximum Gasteiger partial charge on any atom is 0.308 e. The lowest BCUT2D eigenvalue weighted by Gasteiger charge is -2.48. The summed E-state index contributed by atoms with van der Waals surface area (Å²) in [5.41, 5.74) is 0. The highest BCUT2D eigenvalue weighted by Gasteiger charge is 2.43. The monoisotopic (exact) mass is 266 g/mol. The minimum absolute atomic E-state index is 0.136. The summed E-state index contributed by atoms with van der Waals surface area (Å²) in [7, 11) is 0. The Morgan fingerprint density at radius 1 is 1.16 bits per heavy atom. The number of carboxylic acids is 1. The second kappa shape index (κ2) is 5.80. The molecule has 0 unspecified atom stereocenters. The van der Waals surface area contributed by atoms with Gasteiger partial charge >= 0.3 is 5.97 Å². The molecule has 3 rings (SSSR count). The molecule has 108 valence electrons. The smallest absolute Gasteiger partial charge is 0.308 e. The van der Waals surface area contributed by atoms with Crippen LogP contribution < -0.4 is 5.32 Å². The summed E-state index contributed by atoms with van der Waals surface area (Å²) < 4.78 is 0. The predicted octanol–water partition coefficient (Wildman–Crippen LogP) is 1.70. The quantitative estimate of drug-likeness (QED) is 0.799. The van der Waals surface area contributed by atoms with Crippen molar-refractivity contribution in [3.05, 3.63) is 0 Å². The van der Waals surface area contributed by atoms with Gasteiger partial charge in [0.05, 0.1) is 5.92 Å². The Bertz CT molecular complexity index is 328. The van der Waals surface area contributed by atoms with Crippen LogP contribution in [0.3, 0.4) is 0 Å². The molecule has 4 atom stereocenters. The average Bonchev–Trinajstić information content (AvgIpc) is 2.47. The number of fused-ring (bicyclic) bond motifs is 1. The van der Waals surface area contributed by atoms with Gasteiger partial charge in [0.1, 0.15) is 0 Å². The first kappa shape index (κ1) is 13.4. The van der Waals surface area contributed by atoms with Gasteiger partial charge in [-0.1, -0.05) is 12.8 Å². The number of hydrogen-bond donors (Lipinski definition) is 2. The Hall–Kier alpha value is -0.610. The Morgan fingerprint density at radius 2 is 2.00 bits per heavy atom. The number of nitrogens with one attached hydrogen (secondary N) is 1. The van der Waals surface area contributed by atoms with E-state index in [4.69, 9.17) is 0 Å². The largest absolute Gasteiger partial charge is 0.481 e. The fraction of sp³-hybridized carbons (Fsp3) is 0.933. The lowest BCUT2D eigenvalue weighted by Crippen LogP contribution is -2.57. The van der Waals surface area contributed by atoms with Crippen molar-refractivity contribution in [2.24, 2.45) is 11.8 Å². The molecule has 3 fully saturated rings. The molecule has 4 heteroatoms. The zero-order chi connectivity index (χ0) is 13.2.